The maximum absolute atomic E-state index is 12.5. The van der Waals surface area contributed by atoms with E-state index in [0.717, 1.165) is 18.6 Å². The van der Waals surface area contributed by atoms with Crippen LogP contribution in [0.5, 0.6) is 0 Å². The third kappa shape index (κ3) is 2.84. The number of hydrogen-bond donors (Lipinski definition) is 1. The number of aromatic nitrogens is 2. The van der Waals surface area contributed by atoms with E-state index in [-0.39, 0.29) is 18.5 Å². The molecular formula is C14H20N4O3S. The van der Waals surface area contributed by atoms with Crippen molar-refractivity contribution in [1.82, 2.24) is 20.4 Å². The lowest BCUT2D eigenvalue weighted by molar-refractivity contribution is -0.131. The van der Waals surface area contributed by atoms with Crippen LogP contribution in [0.25, 0.3) is 0 Å². The molecule has 3 heterocycles. The van der Waals surface area contributed by atoms with Gasteiger partial charge >= 0.3 is 6.03 Å². The number of urea groups is 1. The summed E-state index contributed by atoms with van der Waals surface area (Å²) in [6, 6.07) is -0.366. The Kier molecular flexibility index (Phi) is 4.12. The topological polar surface area (TPSA) is 88.3 Å². The summed E-state index contributed by atoms with van der Waals surface area (Å²) in [5.74, 6) is 2.85. The van der Waals surface area contributed by atoms with Gasteiger partial charge in [0.2, 0.25) is 5.89 Å². The normalized spacial score (nSPS) is 24.8. The van der Waals surface area contributed by atoms with Gasteiger partial charge in [-0.3, -0.25) is 9.69 Å². The van der Waals surface area contributed by atoms with E-state index in [1.54, 1.807) is 11.8 Å². The largest absolute Gasteiger partial charge is 0.337 e. The molecular weight excluding hydrogens is 304 g/mol. The predicted molar refractivity (Wildman–Crippen MR) is 81.2 cm³/mol. The van der Waals surface area contributed by atoms with Crippen LogP contribution in [-0.2, 0) is 17.8 Å². The fraction of sp³-hybridized carbons (Fsp3) is 0.714. The molecule has 0 unspecified atom stereocenters. The van der Waals surface area contributed by atoms with Gasteiger partial charge in [0, 0.05) is 12.2 Å². The summed E-state index contributed by atoms with van der Waals surface area (Å²) in [7, 11) is 0. The van der Waals surface area contributed by atoms with Crippen molar-refractivity contribution >= 4 is 23.7 Å². The average molecular weight is 324 g/mol. The number of hydrogen-bond acceptors (Lipinski definition) is 6. The van der Waals surface area contributed by atoms with Gasteiger partial charge in [-0.25, -0.2) is 4.79 Å². The van der Waals surface area contributed by atoms with Crippen molar-refractivity contribution in [3.63, 3.8) is 0 Å². The summed E-state index contributed by atoms with van der Waals surface area (Å²) < 4.78 is 5.17. The number of rotatable bonds is 5. The van der Waals surface area contributed by atoms with Crippen LogP contribution in [0.4, 0.5) is 4.79 Å². The molecule has 1 atom stereocenters. The van der Waals surface area contributed by atoms with Gasteiger partial charge in [0.25, 0.3) is 5.91 Å². The lowest BCUT2D eigenvalue weighted by Crippen LogP contribution is -2.46. The monoisotopic (exact) mass is 324 g/mol. The minimum atomic E-state index is -0.720. The molecule has 2 fully saturated rings. The van der Waals surface area contributed by atoms with Crippen LogP contribution >= 0.6 is 11.8 Å². The van der Waals surface area contributed by atoms with Gasteiger partial charge in [0.05, 0.1) is 0 Å². The van der Waals surface area contributed by atoms with E-state index in [1.165, 1.54) is 4.90 Å². The first-order chi connectivity index (χ1) is 10.5. The summed E-state index contributed by atoms with van der Waals surface area (Å²) in [4.78, 5) is 30.0. The molecule has 120 valence electrons. The van der Waals surface area contributed by atoms with Crippen LogP contribution in [-0.4, -0.2) is 44.0 Å². The summed E-state index contributed by atoms with van der Waals surface area (Å²) >= 11 is 1.68. The Labute approximate surface area is 133 Å². The zero-order valence-corrected chi connectivity index (χ0v) is 13.6. The lowest BCUT2D eigenvalue weighted by atomic mass is 9.99. The number of carbonyl (C=O) groups excluding carboxylic acids is 2. The van der Waals surface area contributed by atoms with E-state index in [1.807, 2.05) is 0 Å². The van der Waals surface area contributed by atoms with Crippen molar-refractivity contribution in [3.05, 3.63) is 11.7 Å². The van der Waals surface area contributed by atoms with Gasteiger partial charge in [0.15, 0.2) is 5.82 Å². The molecule has 1 aromatic rings. The second-order valence-corrected chi connectivity index (χ2v) is 7.35. The van der Waals surface area contributed by atoms with Crippen molar-refractivity contribution < 1.29 is 14.1 Å². The fourth-order valence-corrected chi connectivity index (χ4v) is 3.99. The van der Waals surface area contributed by atoms with Gasteiger partial charge < -0.3 is 9.84 Å². The zero-order valence-electron chi connectivity index (χ0n) is 12.8. The van der Waals surface area contributed by atoms with Crippen molar-refractivity contribution in [2.75, 3.05) is 11.5 Å². The number of carbonyl (C=O) groups is 2. The molecule has 2 aliphatic rings. The number of imide groups is 1. The van der Waals surface area contributed by atoms with Crippen LogP contribution in [0.2, 0.25) is 0 Å². The van der Waals surface area contributed by atoms with E-state index in [0.29, 0.717) is 29.8 Å². The smallest absolute Gasteiger partial charge is 0.325 e. The second kappa shape index (κ2) is 5.91. The molecule has 22 heavy (non-hydrogen) atoms. The molecule has 0 radical (unpaired) electrons. The molecule has 1 N–H and O–H groups in total. The van der Waals surface area contributed by atoms with Crippen LogP contribution in [0, 0.1) is 5.92 Å². The molecule has 0 aliphatic carbocycles. The SMILES string of the molecule is CC(C)CCc1noc(CN2C(=O)N[C@]3(CCSC3)C2=O)n1. The summed E-state index contributed by atoms with van der Waals surface area (Å²) in [5, 5.41) is 6.73. The van der Waals surface area contributed by atoms with Crippen molar-refractivity contribution in [2.45, 2.75) is 45.2 Å². The number of nitrogens with zero attached hydrogens (tertiary/aromatic N) is 3. The predicted octanol–water partition coefficient (Wildman–Crippen LogP) is 1.59. The third-order valence-corrected chi connectivity index (χ3v) is 5.21. The summed E-state index contributed by atoms with van der Waals surface area (Å²) in [5.41, 5.74) is -0.720. The molecule has 3 rings (SSSR count). The zero-order chi connectivity index (χ0) is 15.7. The number of nitrogens with one attached hydrogen (secondary N) is 1. The number of aryl methyl sites for hydroxylation is 1. The molecule has 1 spiro atoms. The Morgan fingerprint density at radius 2 is 2.27 bits per heavy atom. The standard InChI is InChI=1S/C14H20N4O3S/c1-9(2)3-4-10-15-11(21-17-10)7-18-12(19)14(16-13(18)20)5-6-22-8-14/h9H,3-8H2,1-2H3,(H,16,20)/t14-/m0/s1. The lowest BCUT2D eigenvalue weighted by Gasteiger charge is -2.18. The maximum Gasteiger partial charge on any atom is 0.325 e. The van der Waals surface area contributed by atoms with Crippen molar-refractivity contribution in [2.24, 2.45) is 5.92 Å². The Bertz CT molecular complexity index is 580. The molecule has 0 saturated carbocycles. The molecule has 7 nitrogen and oxygen atoms in total. The first kappa shape index (κ1) is 15.3. The maximum atomic E-state index is 12.5. The van der Waals surface area contributed by atoms with Crippen LogP contribution in [0.1, 0.15) is 38.4 Å². The Balaban J connectivity index is 1.65. The highest BCUT2D eigenvalue weighted by Crippen LogP contribution is 2.33. The quantitative estimate of drug-likeness (QED) is 0.827. The Hall–Kier alpha value is -1.57. The van der Waals surface area contributed by atoms with E-state index in [9.17, 15) is 9.59 Å². The molecule has 3 amide bonds. The molecule has 0 bridgehead atoms. The van der Waals surface area contributed by atoms with Crippen LogP contribution < -0.4 is 5.32 Å². The van der Waals surface area contributed by atoms with Crippen LogP contribution in [0.15, 0.2) is 4.52 Å². The number of amides is 3. The molecule has 2 saturated heterocycles. The average Bonchev–Trinajstić information content (AvgIpc) is 3.15. The van der Waals surface area contributed by atoms with E-state index in [2.05, 4.69) is 29.3 Å². The van der Waals surface area contributed by atoms with Gasteiger partial charge in [-0.2, -0.15) is 16.7 Å². The highest BCUT2D eigenvalue weighted by Gasteiger charge is 2.53. The fourth-order valence-electron chi connectivity index (χ4n) is 2.66. The first-order valence-electron chi connectivity index (χ1n) is 7.53. The van der Waals surface area contributed by atoms with E-state index < -0.39 is 5.54 Å². The second-order valence-electron chi connectivity index (χ2n) is 6.24. The minimum absolute atomic E-state index is 0.0474. The van der Waals surface area contributed by atoms with E-state index in [4.69, 9.17) is 4.52 Å². The summed E-state index contributed by atoms with van der Waals surface area (Å²) in [6.45, 7) is 4.31. The van der Waals surface area contributed by atoms with Crippen LogP contribution in [0.3, 0.4) is 0 Å². The van der Waals surface area contributed by atoms with E-state index >= 15 is 0 Å². The minimum Gasteiger partial charge on any atom is -0.337 e. The Morgan fingerprint density at radius 1 is 1.45 bits per heavy atom. The molecule has 2 aliphatic heterocycles. The molecule has 0 aromatic carbocycles. The van der Waals surface area contributed by atoms with Crippen molar-refractivity contribution in [1.29, 1.82) is 0 Å². The number of thioether (sulfide) groups is 1. The van der Waals surface area contributed by atoms with Gasteiger partial charge in [-0.15, -0.1) is 0 Å². The highest BCUT2D eigenvalue weighted by molar-refractivity contribution is 7.99. The third-order valence-electron chi connectivity index (χ3n) is 4.02. The Morgan fingerprint density at radius 3 is 2.95 bits per heavy atom. The van der Waals surface area contributed by atoms with Gasteiger partial charge in [-0.05, 0) is 24.5 Å². The van der Waals surface area contributed by atoms with Crippen molar-refractivity contribution in [3.8, 4) is 0 Å². The highest BCUT2D eigenvalue weighted by atomic mass is 32.2. The summed E-state index contributed by atoms with van der Waals surface area (Å²) in [6.07, 6.45) is 2.40. The molecule has 8 heteroatoms. The van der Waals surface area contributed by atoms with Gasteiger partial charge in [-0.1, -0.05) is 19.0 Å². The van der Waals surface area contributed by atoms with Gasteiger partial charge in [0.1, 0.15) is 12.1 Å². The first-order valence-corrected chi connectivity index (χ1v) is 8.69. The molecule has 1 aromatic heterocycles.